The molecule has 1 saturated heterocycles. The number of benzene rings is 3. The Hall–Kier alpha value is -4.59. The molecular formula is C30H29NO7. The molecule has 196 valence electrons. The van der Waals surface area contributed by atoms with Gasteiger partial charge in [-0.3, -0.25) is 14.5 Å². The summed E-state index contributed by atoms with van der Waals surface area (Å²) in [7, 11) is 2.80. The Labute approximate surface area is 221 Å². The first-order valence-corrected chi connectivity index (χ1v) is 12.1. The lowest BCUT2D eigenvalue weighted by Crippen LogP contribution is -2.29. The Kier molecular flexibility index (Phi) is 7.81. The number of carbonyl (C=O) groups is 3. The summed E-state index contributed by atoms with van der Waals surface area (Å²) in [6, 6.07) is 18.9. The largest absolute Gasteiger partial charge is 0.507 e. The molecular weight excluding hydrogens is 486 g/mol. The van der Waals surface area contributed by atoms with Crippen molar-refractivity contribution in [3.05, 3.63) is 95.1 Å². The van der Waals surface area contributed by atoms with E-state index >= 15 is 0 Å². The number of aliphatic hydroxyl groups is 1. The van der Waals surface area contributed by atoms with E-state index < -0.39 is 23.7 Å². The Bertz CT molecular complexity index is 1370. The molecule has 0 saturated carbocycles. The summed E-state index contributed by atoms with van der Waals surface area (Å²) in [5.74, 6) is -0.993. The highest BCUT2D eigenvalue weighted by molar-refractivity contribution is 6.51. The highest BCUT2D eigenvalue weighted by atomic mass is 16.5. The number of nitrogens with zero attached hydrogens (tertiary/aromatic N) is 1. The van der Waals surface area contributed by atoms with Gasteiger partial charge in [0.05, 0.1) is 38.0 Å². The van der Waals surface area contributed by atoms with Crippen LogP contribution in [0.4, 0.5) is 5.69 Å². The third-order valence-electron chi connectivity index (χ3n) is 6.13. The zero-order valence-electron chi connectivity index (χ0n) is 21.6. The molecule has 4 rings (SSSR count). The van der Waals surface area contributed by atoms with Crippen molar-refractivity contribution in [2.75, 3.05) is 25.7 Å². The number of ether oxygens (including phenoxy) is 3. The number of aliphatic hydroxyl groups excluding tert-OH is 1. The van der Waals surface area contributed by atoms with Crippen LogP contribution in [0.15, 0.2) is 78.4 Å². The van der Waals surface area contributed by atoms with Crippen LogP contribution in [0.1, 0.15) is 41.4 Å². The minimum Gasteiger partial charge on any atom is -0.507 e. The van der Waals surface area contributed by atoms with Crippen molar-refractivity contribution < 1.29 is 33.7 Å². The summed E-state index contributed by atoms with van der Waals surface area (Å²) < 4.78 is 15.8. The molecule has 1 aliphatic heterocycles. The molecule has 0 aliphatic carbocycles. The van der Waals surface area contributed by atoms with Gasteiger partial charge in [0.25, 0.3) is 11.7 Å². The van der Waals surface area contributed by atoms with Crippen molar-refractivity contribution in [3.8, 4) is 11.5 Å². The summed E-state index contributed by atoms with van der Waals surface area (Å²) >= 11 is 0. The number of carbonyl (C=O) groups excluding carboxylic acids is 3. The Morgan fingerprint density at radius 1 is 0.921 bits per heavy atom. The summed E-state index contributed by atoms with van der Waals surface area (Å²) in [5.41, 5.74) is 1.40. The van der Waals surface area contributed by atoms with E-state index in [1.165, 1.54) is 25.2 Å². The molecule has 1 heterocycles. The van der Waals surface area contributed by atoms with Crippen LogP contribution in [0.2, 0.25) is 0 Å². The average Bonchev–Trinajstić information content (AvgIpc) is 3.21. The maximum atomic E-state index is 13.4. The molecule has 3 aromatic carbocycles. The number of Topliss-reactive ketones (excluding diaryl/α,β-unsaturated/α-hetero) is 1. The molecule has 1 amide bonds. The van der Waals surface area contributed by atoms with Gasteiger partial charge in [0.1, 0.15) is 17.3 Å². The van der Waals surface area contributed by atoms with Gasteiger partial charge in [0.15, 0.2) is 0 Å². The van der Waals surface area contributed by atoms with Gasteiger partial charge in [-0.05, 0) is 66.1 Å². The van der Waals surface area contributed by atoms with E-state index in [9.17, 15) is 19.5 Å². The summed E-state index contributed by atoms with van der Waals surface area (Å²) in [6.07, 6.45) is 0. The maximum Gasteiger partial charge on any atom is 0.337 e. The maximum absolute atomic E-state index is 13.4. The number of rotatable bonds is 8. The predicted octanol–water partition coefficient (Wildman–Crippen LogP) is 5.14. The molecule has 1 unspecified atom stereocenters. The van der Waals surface area contributed by atoms with Crippen molar-refractivity contribution in [2.45, 2.75) is 19.9 Å². The highest BCUT2D eigenvalue weighted by Crippen LogP contribution is 2.42. The van der Waals surface area contributed by atoms with Crippen LogP contribution in [0.25, 0.3) is 5.76 Å². The standard InChI is InChI=1S/C30H29NO7/c1-18(2)17-38-24-14-10-20(11-15-24)27(32)25-26(19-8-12-23(36-3)13-9-19)31(29(34)28(25)33)22-7-5-6-21(16-22)30(35)37-4/h5-16,18,26,32H,17H2,1-4H3/b27-25+. The molecule has 8 heteroatoms. The Morgan fingerprint density at radius 2 is 1.58 bits per heavy atom. The first-order chi connectivity index (χ1) is 18.2. The number of ketones is 1. The van der Waals surface area contributed by atoms with E-state index in [0.717, 1.165) is 0 Å². The van der Waals surface area contributed by atoms with Gasteiger partial charge in [-0.2, -0.15) is 0 Å². The van der Waals surface area contributed by atoms with Crippen LogP contribution in [0.3, 0.4) is 0 Å². The first-order valence-electron chi connectivity index (χ1n) is 12.1. The molecule has 0 aromatic heterocycles. The van der Waals surface area contributed by atoms with Gasteiger partial charge in [0.2, 0.25) is 0 Å². The number of esters is 1. The SMILES string of the molecule is COC(=O)c1cccc(N2C(=O)C(=O)/C(=C(/O)c3ccc(OCC(C)C)cc3)C2c2ccc(OC)cc2)c1. The quantitative estimate of drug-likeness (QED) is 0.192. The fourth-order valence-electron chi connectivity index (χ4n) is 4.23. The third kappa shape index (κ3) is 5.25. The number of hydrogen-bond acceptors (Lipinski definition) is 7. The topological polar surface area (TPSA) is 102 Å². The second-order valence-electron chi connectivity index (χ2n) is 9.21. The zero-order valence-corrected chi connectivity index (χ0v) is 21.6. The van der Waals surface area contributed by atoms with Crippen LogP contribution < -0.4 is 14.4 Å². The van der Waals surface area contributed by atoms with Crippen molar-refractivity contribution in [1.29, 1.82) is 0 Å². The third-order valence-corrected chi connectivity index (χ3v) is 6.13. The Morgan fingerprint density at radius 3 is 2.18 bits per heavy atom. The molecule has 1 N–H and O–H groups in total. The van der Waals surface area contributed by atoms with Gasteiger partial charge in [-0.1, -0.05) is 32.0 Å². The van der Waals surface area contributed by atoms with Gasteiger partial charge >= 0.3 is 5.97 Å². The van der Waals surface area contributed by atoms with Crippen molar-refractivity contribution in [2.24, 2.45) is 5.92 Å². The van der Waals surface area contributed by atoms with Gasteiger partial charge in [-0.25, -0.2) is 4.79 Å². The lowest BCUT2D eigenvalue weighted by molar-refractivity contribution is -0.132. The fraction of sp³-hybridized carbons (Fsp3) is 0.233. The molecule has 1 fully saturated rings. The van der Waals surface area contributed by atoms with Gasteiger partial charge < -0.3 is 19.3 Å². The lowest BCUT2D eigenvalue weighted by Gasteiger charge is -2.26. The van der Waals surface area contributed by atoms with Crippen LogP contribution in [0, 0.1) is 5.92 Å². The number of hydrogen-bond donors (Lipinski definition) is 1. The van der Waals surface area contributed by atoms with E-state index in [0.29, 0.717) is 40.8 Å². The van der Waals surface area contributed by atoms with Crippen LogP contribution in [-0.4, -0.2) is 43.6 Å². The van der Waals surface area contributed by atoms with Crippen LogP contribution >= 0.6 is 0 Å². The van der Waals surface area contributed by atoms with Crippen molar-refractivity contribution in [1.82, 2.24) is 0 Å². The molecule has 1 aliphatic rings. The zero-order chi connectivity index (χ0) is 27.4. The fourth-order valence-corrected chi connectivity index (χ4v) is 4.23. The summed E-state index contributed by atoms with van der Waals surface area (Å²) in [6.45, 7) is 4.62. The predicted molar refractivity (Wildman–Crippen MR) is 142 cm³/mol. The molecule has 0 bridgehead atoms. The molecule has 3 aromatic rings. The van der Waals surface area contributed by atoms with E-state index in [-0.39, 0.29) is 16.9 Å². The molecule has 0 spiro atoms. The van der Waals surface area contributed by atoms with Crippen molar-refractivity contribution in [3.63, 3.8) is 0 Å². The lowest BCUT2D eigenvalue weighted by atomic mass is 9.95. The molecule has 38 heavy (non-hydrogen) atoms. The number of anilines is 1. The van der Waals surface area contributed by atoms with E-state index in [1.54, 1.807) is 66.7 Å². The second-order valence-corrected chi connectivity index (χ2v) is 9.21. The van der Waals surface area contributed by atoms with Gasteiger partial charge in [0, 0.05) is 11.3 Å². The highest BCUT2D eigenvalue weighted by Gasteiger charge is 2.47. The molecule has 1 atom stereocenters. The molecule has 8 nitrogen and oxygen atoms in total. The van der Waals surface area contributed by atoms with E-state index in [1.807, 2.05) is 13.8 Å². The van der Waals surface area contributed by atoms with Crippen molar-refractivity contribution >= 4 is 29.1 Å². The number of methoxy groups -OCH3 is 2. The summed E-state index contributed by atoms with van der Waals surface area (Å²) in [4.78, 5) is 40.2. The van der Waals surface area contributed by atoms with E-state index in [2.05, 4.69) is 0 Å². The average molecular weight is 516 g/mol. The Balaban J connectivity index is 1.83. The summed E-state index contributed by atoms with van der Waals surface area (Å²) in [5, 5.41) is 11.3. The van der Waals surface area contributed by atoms with E-state index in [4.69, 9.17) is 14.2 Å². The van der Waals surface area contributed by atoms with Gasteiger partial charge in [-0.15, -0.1) is 0 Å². The van der Waals surface area contributed by atoms with Crippen LogP contribution in [0.5, 0.6) is 11.5 Å². The minimum absolute atomic E-state index is 0.0699. The second kappa shape index (κ2) is 11.2. The first kappa shape index (κ1) is 26.5. The monoisotopic (exact) mass is 515 g/mol. The van der Waals surface area contributed by atoms with Crippen LogP contribution in [-0.2, 0) is 14.3 Å². The smallest absolute Gasteiger partial charge is 0.337 e. The normalized spacial score (nSPS) is 16.6. The minimum atomic E-state index is -0.953. The molecule has 0 radical (unpaired) electrons. The number of amides is 1.